The molecule has 1 unspecified atom stereocenters. The van der Waals surface area contributed by atoms with Crippen LogP contribution in [0.3, 0.4) is 0 Å². The number of fused-ring (bicyclic) bond motifs is 1. The molecule has 1 aliphatic heterocycles. The lowest BCUT2D eigenvalue weighted by atomic mass is 10.1. The van der Waals surface area contributed by atoms with E-state index >= 15 is 0 Å². The van der Waals surface area contributed by atoms with Crippen molar-refractivity contribution in [3.8, 4) is 5.75 Å². The molecule has 2 aromatic rings. The molecule has 7 heteroatoms. The van der Waals surface area contributed by atoms with E-state index in [1.807, 2.05) is 0 Å². The largest absolute Gasteiger partial charge is 0.506 e. The molecule has 1 heterocycles. The molecule has 0 spiro atoms. The normalized spacial score (nSPS) is 17.6. The van der Waals surface area contributed by atoms with Gasteiger partial charge in [-0.3, -0.25) is 14.6 Å². The quantitative estimate of drug-likeness (QED) is 0.579. The molecule has 0 fully saturated rings. The number of hydrazine groups is 1. The van der Waals surface area contributed by atoms with Crippen molar-refractivity contribution in [3.63, 3.8) is 0 Å². The molecular weight excluding hydrogens is 298 g/mol. The molecular formula is C16H11N3O4. The Labute approximate surface area is 130 Å². The molecule has 23 heavy (non-hydrogen) atoms. The summed E-state index contributed by atoms with van der Waals surface area (Å²) in [7, 11) is 0. The maximum atomic E-state index is 12.2. The maximum Gasteiger partial charge on any atom is 0.338 e. The van der Waals surface area contributed by atoms with Gasteiger partial charge in [-0.2, -0.15) is 0 Å². The summed E-state index contributed by atoms with van der Waals surface area (Å²) in [5, 5.41) is 13.4. The predicted molar refractivity (Wildman–Crippen MR) is 81.6 cm³/mol. The lowest BCUT2D eigenvalue weighted by Crippen LogP contribution is -2.52. The second-order valence-electron chi connectivity index (χ2n) is 5.28. The van der Waals surface area contributed by atoms with Crippen LogP contribution in [-0.4, -0.2) is 28.7 Å². The van der Waals surface area contributed by atoms with Gasteiger partial charge in [0.2, 0.25) is 0 Å². The zero-order chi connectivity index (χ0) is 16.1. The molecule has 114 valence electrons. The van der Waals surface area contributed by atoms with E-state index in [1.54, 1.807) is 30.3 Å². The SMILES string of the molecule is O=C(Nc1ccccc1O)NN1c2cccc3c2C(=O)C1C3=O. The number of carbonyl (C=O) groups is 3. The van der Waals surface area contributed by atoms with Crippen LogP contribution in [0.4, 0.5) is 16.2 Å². The molecule has 0 saturated heterocycles. The first-order valence-electron chi connectivity index (χ1n) is 6.94. The zero-order valence-electron chi connectivity index (χ0n) is 11.7. The highest BCUT2D eigenvalue weighted by atomic mass is 16.3. The standard InChI is InChI=1S/C16H11N3O4/c20-11-7-2-1-5-9(11)17-16(23)18-19-10-6-3-4-8-12(10)15(22)13(19)14(8)21/h1-7,13,20H,(H2,17,18,23). The van der Waals surface area contributed by atoms with Gasteiger partial charge in [0, 0.05) is 5.56 Å². The van der Waals surface area contributed by atoms with E-state index in [1.165, 1.54) is 17.1 Å². The number of phenols is 1. The molecule has 1 atom stereocenters. The van der Waals surface area contributed by atoms with Gasteiger partial charge >= 0.3 is 6.03 Å². The van der Waals surface area contributed by atoms with E-state index < -0.39 is 12.1 Å². The lowest BCUT2D eigenvalue weighted by Gasteiger charge is -2.27. The first-order valence-corrected chi connectivity index (χ1v) is 6.94. The van der Waals surface area contributed by atoms with Gasteiger partial charge in [-0.25, -0.2) is 10.2 Å². The van der Waals surface area contributed by atoms with Crippen LogP contribution in [0, 0.1) is 0 Å². The van der Waals surface area contributed by atoms with Gasteiger partial charge in [-0.1, -0.05) is 24.3 Å². The molecule has 0 saturated carbocycles. The highest BCUT2D eigenvalue weighted by Crippen LogP contribution is 2.40. The highest BCUT2D eigenvalue weighted by Gasteiger charge is 2.51. The van der Waals surface area contributed by atoms with Crippen molar-refractivity contribution >= 4 is 29.0 Å². The van der Waals surface area contributed by atoms with Crippen molar-refractivity contribution in [2.75, 3.05) is 10.3 Å². The summed E-state index contributed by atoms with van der Waals surface area (Å²) in [5.41, 5.74) is 3.98. The number of ketones is 2. The van der Waals surface area contributed by atoms with E-state index in [0.717, 1.165) is 0 Å². The Hall–Kier alpha value is -3.35. The molecule has 0 radical (unpaired) electrons. The molecule has 7 nitrogen and oxygen atoms in total. The number of nitrogens with one attached hydrogen (secondary N) is 2. The van der Waals surface area contributed by atoms with E-state index in [2.05, 4.69) is 10.7 Å². The fourth-order valence-corrected chi connectivity index (χ4v) is 2.95. The van der Waals surface area contributed by atoms with Gasteiger partial charge in [0.1, 0.15) is 5.75 Å². The van der Waals surface area contributed by atoms with Gasteiger partial charge < -0.3 is 10.4 Å². The Morgan fingerprint density at radius 1 is 1.04 bits per heavy atom. The lowest BCUT2D eigenvalue weighted by molar-refractivity contribution is 0.0892. The third kappa shape index (κ3) is 1.80. The summed E-state index contributed by atoms with van der Waals surface area (Å²) >= 11 is 0. The van der Waals surface area contributed by atoms with E-state index in [4.69, 9.17) is 0 Å². The van der Waals surface area contributed by atoms with Crippen molar-refractivity contribution in [2.24, 2.45) is 0 Å². The van der Waals surface area contributed by atoms with E-state index in [0.29, 0.717) is 16.8 Å². The Morgan fingerprint density at radius 2 is 1.83 bits per heavy atom. The fraction of sp³-hybridized carbons (Fsp3) is 0.0625. The van der Waals surface area contributed by atoms with E-state index in [9.17, 15) is 19.5 Å². The monoisotopic (exact) mass is 309 g/mol. The fourth-order valence-electron chi connectivity index (χ4n) is 2.95. The number of para-hydroxylation sites is 2. The number of benzene rings is 2. The minimum absolute atomic E-state index is 0.0810. The molecule has 2 amide bonds. The number of aromatic hydroxyl groups is 1. The average molecular weight is 309 g/mol. The Bertz CT molecular complexity index is 869. The van der Waals surface area contributed by atoms with Crippen molar-refractivity contribution in [1.82, 2.24) is 5.43 Å². The summed E-state index contributed by atoms with van der Waals surface area (Å²) in [6.45, 7) is 0. The Balaban J connectivity index is 1.60. The van der Waals surface area contributed by atoms with Crippen LogP contribution in [0.2, 0.25) is 0 Å². The minimum atomic E-state index is -1.04. The summed E-state index contributed by atoms with van der Waals surface area (Å²) < 4.78 is 0. The average Bonchev–Trinajstić information content (AvgIpc) is 2.95. The van der Waals surface area contributed by atoms with Crippen LogP contribution in [0.1, 0.15) is 20.7 Å². The number of hydrogen-bond acceptors (Lipinski definition) is 5. The minimum Gasteiger partial charge on any atom is -0.506 e. The first kappa shape index (κ1) is 13.3. The predicted octanol–water partition coefficient (Wildman–Crippen LogP) is 1.70. The Kier molecular flexibility index (Phi) is 2.65. The summed E-state index contributed by atoms with van der Waals surface area (Å²) in [5.74, 6) is -0.702. The third-order valence-corrected chi connectivity index (χ3v) is 3.94. The number of nitrogens with zero attached hydrogens (tertiary/aromatic N) is 1. The molecule has 1 aliphatic carbocycles. The maximum absolute atomic E-state index is 12.2. The zero-order valence-corrected chi connectivity index (χ0v) is 11.7. The van der Waals surface area contributed by atoms with Crippen molar-refractivity contribution in [2.45, 2.75) is 6.04 Å². The van der Waals surface area contributed by atoms with Gasteiger partial charge in [0.05, 0.1) is 16.9 Å². The molecule has 0 aromatic heterocycles. The molecule has 3 N–H and O–H groups in total. The van der Waals surface area contributed by atoms with Crippen LogP contribution >= 0.6 is 0 Å². The number of phenolic OH excluding ortho intramolecular Hbond substituents is 1. The second kappa shape index (κ2) is 4.57. The van der Waals surface area contributed by atoms with Gasteiger partial charge in [0.15, 0.2) is 17.6 Å². The smallest absolute Gasteiger partial charge is 0.338 e. The molecule has 2 bridgehead atoms. The van der Waals surface area contributed by atoms with Crippen molar-refractivity contribution < 1.29 is 19.5 Å². The van der Waals surface area contributed by atoms with Crippen molar-refractivity contribution in [3.05, 3.63) is 53.6 Å². The molecule has 4 rings (SSSR count). The number of Topliss-reactive ketones (excluding diaryl/α,β-unsaturated/α-hetero) is 2. The van der Waals surface area contributed by atoms with Gasteiger partial charge in [0.25, 0.3) is 0 Å². The molecule has 2 aromatic carbocycles. The topological polar surface area (TPSA) is 98.7 Å². The van der Waals surface area contributed by atoms with Crippen LogP contribution in [0.5, 0.6) is 5.75 Å². The van der Waals surface area contributed by atoms with E-state index in [-0.39, 0.29) is 23.0 Å². The summed E-state index contributed by atoms with van der Waals surface area (Å²) in [6, 6.07) is 9.51. The number of hydrogen-bond donors (Lipinski definition) is 3. The number of amides is 2. The van der Waals surface area contributed by atoms with Crippen LogP contribution in [-0.2, 0) is 0 Å². The summed E-state index contributed by atoms with van der Waals surface area (Å²) in [4.78, 5) is 36.5. The third-order valence-electron chi connectivity index (χ3n) is 3.94. The van der Waals surface area contributed by atoms with Crippen LogP contribution in [0.25, 0.3) is 0 Å². The van der Waals surface area contributed by atoms with Gasteiger partial charge in [-0.15, -0.1) is 0 Å². The van der Waals surface area contributed by atoms with Crippen LogP contribution in [0.15, 0.2) is 42.5 Å². The van der Waals surface area contributed by atoms with Crippen LogP contribution < -0.4 is 15.8 Å². The number of rotatable bonds is 2. The van der Waals surface area contributed by atoms with Crippen molar-refractivity contribution in [1.29, 1.82) is 0 Å². The molecule has 2 aliphatic rings. The summed E-state index contributed by atoms with van der Waals surface area (Å²) in [6.07, 6.45) is 0. The number of anilines is 2. The Morgan fingerprint density at radius 3 is 2.61 bits per heavy atom. The van der Waals surface area contributed by atoms with Gasteiger partial charge in [-0.05, 0) is 18.2 Å². The number of carbonyl (C=O) groups excluding carboxylic acids is 3. The number of urea groups is 1. The second-order valence-corrected chi connectivity index (χ2v) is 5.28. The first-order chi connectivity index (χ1) is 11.1. The highest BCUT2D eigenvalue weighted by molar-refractivity contribution is 6.36.